The van der Waals surface area contributed by atoms with Crippen LogP contribution in [0.4, 0.5) is 18.9 Å². The standard InChI is InChI=1S/C16H14ClF3INO2S/c17-6-1-7-25(23,24)22-15-5-4-13(18)16(20)12(15)8-10-2-3-11(21)9-14(10)19/h2-5,9,22H,1,6-8H2. The van der Waals surface area contributed by atoms with Crippen LogP contribution in [0.2, 0.25) is 0 Å². The number of anilines is 1. The average Bonchev–Trinajstić information content (AvgIpc) is 2.54. The third-order valence-corrected chi connectivity index (χ3v) is 5.69. The van der Waals surface area contributed by atoms with E-state index < -0.39 is 27.5 Å². The second kappa shape index (κ2) is 8.59. The Balaban J connectivity index is 2.40. The molecule has 0 fully saturated rings. The molecule has 0 aliphatic carbocycles. The van der Waals surface area contributed by atoms with Crippen LogP contribution in [-0.4, -0.2) is 20.1 Å². The third-order valence-electron chi connectivity index (χ3n) is 3.39. The predicted molar refractivity (Wildman–Crippen MR) is 101 cm³/mol. The number of benzene rings is 2. The number of sulfonamides is 1. The van der Waals surface area contributed by atoms with Crippen LogP contribution in [-0.2, 0) is 16.4 Å². The van der Waals surface area contributed by atoms with Gasteiger partial charge in [0.1, 0.15) is 5.82 Å². The Morgan fingerprint density at radius 3 is 2.44 bits per heavy atom. The molecule has 0 bridgehead atoms. The van der Waals surface area contributed by atoms with Crippen molar-refractivity contribution in [3.63, 3.8) is 0 Å². The molecule has 25 heavy (non-hydrogen) atoms. The van der Waals surface area contributed by atoms with Crippen molar-refractivity contribution in [2.24, 2.45) is 0 Å². The quantitative estimate of drug-likeness (QED) is 0.441. The third kappa shape index (κ3) is 5.49. The first-order valence-electron chi connectivity index (χ1n) is 7.21. The van der Waals surface area contributed by atoms with E-state index in [0.717, 1.165) is 12.1 Å². The maximum atomic E-state index is 14.2. The number of nitrogens with one attached hydrogen (secondary N) is 1. The summed E-state index contributed by atoms with van der Waals surface area (Å²) in [6.45, 7) is 0. The summed E-state index contributed by atoms with van der Waals surface area (Å²) < 4.78 is 68.8. The van der Waals surface area contributed by atoms with E-state index in [1.807, 2.05) is 22.6 Å². The Morgan fingerprint density at radius 2 is 1.80 bits per heavy atom. The fourth-order valence-electron chi connectivity index (χ4n) is 2.18. The minimum absolute atomic E-state index is 0.119. The fourth-order valence-corrected chi connectivity index (χ4v) is 4.08. The van der Waals surface area contributed by atoms with Gasteiger partial charge < -0.3 is 0 Å². The van der Waals surface area contributed by atoms with Gasteiger partial charge in [-0.15, -0.1) is 11.6 Å². The van der Waals surface area contributed by atoms with Crippen LogP contribution in [0.15, 0.2) is 30.3 Å². The van der Waals surface area contributed by atoms with E-state index in [1.54, 1.807) is 6.07 Å². The van der Waals surface area contributed by atoms with E-state index in [2.05, 4.69) is 4.72 Å². The van der Waals surface area contributed by atoms with Crippen LogP contribution in [0.25, 0.3) is 0 Å². The minimum Gasteiger partial charge on any atom is -0.283 e. The molecule has 0 aliphatic heterocycles. The number of hydrogen-bond acceptors (Lipinski definition) is 2. The van der Waals surface area contributed by atoms with Gasteiger partial charge in [0.2, 0.25) is 10.0 Å². The molecule has 136 valence electrons. The first-order valence-corrected chi connectivity index (χ1v) is 10.5. The molecule has 3 nitrogen and oxygen atoms in total. The van der Waals surface area contributed by atoms with Crippen LogP contribution in [0.1, 0.15) is 17.5 Å². The Hall–Kier alpha value is -1.00. The van der Waals surface area contributed by atoms with Crippen molar-refractivity contribution in [3.8, 4) is 0 Å². The molecule has 0 aromatic heterocycles. The summed E-state index contributed by atoms with van der Waals surface area (Å²) in [6.07, 6.45) is -0.0820. The second-order valence-corrected chi connectivity index (χ2v) is 8.73. The van der Waals surface area contributed by atoms with Gasteiger partial charge in [-0.3, -0.25) is 4.72 Å². The topological polar surface area (TPSA) is 46.2 Å². The molecule has 0 atom stereocenters. The van der Waals surface area contributed by atoms with Crippen LogP contribution in [0.5, 0.6) is 0 Å². The molecule has 0 heterocycles. The van der Waals surface area contributed by atoms with E-state index in [0.29, 0.717) is 3.57 Å². The van der Waals surface area contributed by atoms with Crippen LogP contribution in [0, 0.1) is 21.0 Å². The highest BCUT2D eigenvalue weighted by atomic mass is 127. The lowest BCUT2D eigenvalue weighted by atomic mass is 10.0. The molecule has 0 aliphatic rings. The highest BCUT2D eigenvalue weighted by molar-refractivity contribution is 14.1. The zero-order valence-corrected chi connectivity index (χ0v) is 16.6. The Labute approximate surface area is 162 Å². The smallest absolute Gasteiger partial charge is 0.232 e. The molecule has 0 saturated heterocycles. The van der Waals surface area contributed by atoms with Crippen molar-refractivity contribution in [1.82, 2.24) is 0 Å². The maximum Gasteiger partial charge on any atom is 0.232 e. The van der Waals surface area contributed by atoms with Gasteiger partial charge in [-0.2, -0.15) is 0 Å². The average molecular weight is 504 g/mol. The number of halogens is 5. The number of hydrogen-bond donors (Lipinski definition) is 1. The van der Waals surface area contributed by atoms with Crippen molar-refractivity contribution >= 4 is 49.9 Å². The Kier molecular flexibility index (Phi) is 6.98. The summed E-state index contributed by atoms with van der Waals surface area (Å²) in [7, 11) is -3.78. The molecule has 0 radical (unpaired) electrons. The van der Waals surface area contributed by atoms with Gasteiger partial charge in [0.25, 0.3) is 0 Å². The molecule has 9 heteroatoms. The largest absolute Gasteiger partial charge is 0.283 e. The molecule has 2 rings (SSSR count). The molecule has 0 amide bonds. The first-order chi connectivity index (χ1) is 11.7. The van der Waals surface area contributed by atoms with E-state index in [4.69, 9.17) is 11.6 Å². The summed E-state index contributed by atoms with van der Waals surface area (Å²) in [5, 5.41) is 0. The molecular formula is C16H14ClF3INO2S. The van der Waals surface area contributed by atoms with Gasteiger partial charge >= 0.3 is 0 Å². The van der Waals surface area contributed by atoms with Crippen molar-refractivity contribution in [3.05, 3.63) is 62.5 Å². The van der Waals surface area contributed by atoms with E-state index in [9.17, 15) is 21.6 Å². The van der Waals surface area contributed by atoms with Crippen molar-refractivity contribution in [1.29, 1.82) is 0 Å². The van der Waals surface area contributed by atoms with Gasteiger partial charge in [-0.05, 0) is 58.8 Å². The fraction of sp³-hybridized carbons (Fsp3) is 0.250. The lowest BCUT2D eigenvalue weighted by Crippen LogP contribution is -2.19. The second-order valence-electron chi connectivity index (χ2n) is 5.26. The summed E-state index contributed by atoms with van der Waals surface area (Å²) >= 11 is 7.41. The zero-order chi connectivity index (χ0) is 18.6. The Morgan fingerprint density at radius 1 is 1.08 bits per heavy atom. The van der Waals surface area contributed by atoms with Crippen LogP contribution in [0.3, 0.4) is 0 Å². The number of alkyl halides is 1. The van der Waals surface area contributed by atoms with Crippen molar-refractivity contribution in [2.45, 2.75) is 12.8 Å². The van der Waals surface area contributed by atoms with Gasteiger partial charge in [-0.1, -0.05) is 6.07 Å². The molecule has 1 N–H and O–H groups in total. The molecular weight excluding hydrogens is 490 g/mol. The molecule has 2 aromatic carbocycles. The predicted octanol–water partition coefficient (Wildman–Crippen LogP) is 4.67. The molecule has 0 spiro atoms. The van der Waals surface area contributed by atoms with E-state index in [1.165, 1.54) is 12.1 Å². The van der Waals surface area contributed by atoms with Crippen molar-refractivity contribution < 1.29 is 21.6 Å². The Bertz CT molecular complexity index is 878. The van der Waals surface area contributed by atoms with Gasteiger partial charge in [0.05, 0.1) is 11.4 Å². The van der Waals surface area contributed by atoms with E-state index >= 15 is 0 Å². The molecule has 2 aromatic rings. The summed E-state index contributed by atoms with van der Waals surface area (Å²) in [4.78, 5) is 0. The monoisotopic (exact) mass is 503 g/mol. The van der Waals surface area contributed by atoms with Crippen LogP contribution >= 0.6 is 34.2 Å². The minimum atomic E-state index is -3.78. The first kappa shape index (κ1) is 20.3. The lowest BCUT2D eigenvalue weighted by Gasteiger charge is -2.14. The highest BCUT2D eigenvalue weighted by Gasteiger charge is 2.19. The summed E-state index contributed by atoms with van der Waals surface area (Å²) in [6, 6.07) is 6.28. The van der Waals surface area contributed by atoms with Gasteiger partial charge in [0, 0.05) is 21.4 Å². The van der Waals surface area contributed by atoms with Crippen molar-refractivity contribution in [2.75, 3.05) is 16.4 Å². The summed E-state index contributed by atoms with van der Waals surface area (Å²) in [5.74, 6) is -3.03. The maximum absolute atomic E-state index is 14.2. The highest BCUT2D eigenvalue weighted by Crippen LogP contribution is 2.27. The zero-order valence-electron chi connectivity index (χ0n) is 12.8. The lowest BCUT2D eigenvalue weighted by molar-refractivity contribution is 0.500. The summed E-state index contributed by atoms with van der Waals surface area (Å²) in [5.41, 5.74) is -0.243. The van der Waals surface area contributed by atoms with Gasteiger partial charge in [-0.25, -0.2) is 21.6 Å². The number of rotatable bonds is 7. The molecule has 0 saturated carbocycles. The SMILES string of the molecule is O=S(=O)(CCCCl)Nc1ccc(F)c(F)c1Cc1ccc(I)cc1F. The molecule has 0 unspecified atom stereocenters. The van der Waals surface area contributed by atoms with Crippen LogP contribution < -0.4 is 4.72 Å². The van der Waals surface area contributed by atoms with Gasteiger partial charge in [0.15, 0.2) is 11.6 Å². The normalized spacial score (nSPS) is 11.6. The van der Waals surface area contributed by atoms with E-state index in [-0.39, 0.29) is 41.3 Å².